The smallest absolute Gasteiger partial charge is 0.297 e. The van der Waals surface area contributed by atoms with Gasteiger partial charge in [-0.1, -0.05) is 58.0 Å². The molecule has 4 aromatic rings. The molecule has 2 aromatic heterocycles. The highest BCUT2D eigenvalue weighted by atomic mass is 79.9. The van der Waals surface area contributed by atoms with Crippen LogP contribution in [0.25, 0.3) is 11.0 Å². The van der Waals surface area contributed by atoms with Crippen molar-refractivity contribution in [3.63, 3.8) is 0 Å². The average molecular weight is 482 g/mol. The van der Waals surface area contributed by atoms with Gasteiger partial charge in [-0.15, -0.1) is 10.2 Å². The van der Waals surface area contributed by atoms with Gasteiger partial charge in [-0.2, -0.15) is 0 Å². The Hall–Kier alpha value is -2.84. The highest BCUT2D eigenvalue weighted by Gasteiger charge is 2.45. The molecule has 0 unspecified atom stereocenters. The Kier molecular flexibility index (Phi) is 4.56. The third-order valence-corrected chi connectivity index (χ3v) is 6.77. The molecule has 0 fully saturated rings. The largest absolute Gasteiger partial charge is 0.450 e. The molecule has 3 heterocycles. The zero-order valence-corrected chi connectivity index (χ0v) is 18.6. The van der Waals surface area contributed by atoms with Crippen LogP contribution in [0.3, 0.4) is 0 Å². The standard InChI is InChI=1S/C22H16BrN3O3S/c1-3-16-24-25-22(30-16)26-18(12-5-7-13(23)8-6-12)17-19(27)14-10-11(2)4-9-15(14)29-20(17)21(26)28/h4-10,18H,3H2,1-2H3/t18-/m0/s1. The number of carbonyl (C=O) groups is 1. The summed E-state index contributed by atoms with van der Waals surface area (Å²) in [6.45, 7) is 3.90. The molecular formula is C22H16BrN3O3S. The number of nitrogens with zero attached hydrogens (tertiary/aromatic N) is 3. The number of rotatable bonds is 3. The van der Waals surface area contributed by atoms with Gasteiger partial charge in [0.05, 0.1) is 17.0 Å². The van der Waals surface area contributed by atoms with E-state index in [1.807, 2.05) is 44.2 Å². The van der Waals surface area contributed by atoms with E-state index >= 15 is 0 Å². The fourth-order valence-corrected chi connectivity index (χ4v) is 4.80. The topological polar surface area (TPSA) is 76.3 Å². The first-order chi connectivity index (χ1) is 14.5. The zero-order valence-electron chi connectivity index (χ0n) is 16.2. The number of carbonyl (C=O) groups excluding carboxylic acids is 1. The summed E-state index contributed by atoms with van der Waals surface area (Å²) in [5.41, 5.74) is 2.30. The Morgan fingerprint density at radius 2 is 1.90 bits per heavy atom. The molecule has 1 atom stereocenters. The van der Waals surface area contributed by atoms with Crippen LogP contribution in [0, 0.1) is 6.92 Å². The van der Waals surface area contributed by atoms with E-state index in [1.54, 1.807) is 12.1 Å². The number of aryl methyl sites for hydroxylation is 2. The van der Waals surface area contributed by atoms with Crippen molar-refractivity contribution < 1.29 is 9.21 Å². The van der Waals surface area contributed by atoms with E-state index in [1.165, 1.54) is 16.2 Å². The van der Waals surface area contributed by atoms with Crippen molar-refractivity contribution in [1.29, 1.82) is 0 Å². The van der Waals surface area contributed by atoms with E-state index in [-0.39, 0.29) is 17.1 Å². The zero-order chi connectivity index (χ0) is 21.0. The van der Waals surface area contributed by atoms with Crippen molar-refractivity contribution in [2.45, 2.75) is 26.3 Å². The molecule has 0 spiro atoms. The summed E-state index contributed by atoms with van der Waals surface area (Å²) in [7, 11) is 0. The lowest BCUT2D eigenvalue weighted by molar-refractivity contribution is 0.0970. The van der Waals surface area contributed by atoms with E-state index in [4.69, 9.17) is 4.42 Å². The van der Waals surface area contributed by atoms with Crippen LogP contribution in [0.5, 0.6) is 0 Å². The van der Waals surface area contributed by atoms with Gasteiger partial charge in [0.15, 0.2) is 5.43 Å². The molecule has 150 valence electrons. The van der Waals surface area contributed by atoms with Gasteiger partial charge in [-0.05, 0) is 43.2 Å². The molecule has 1 aliphatic heterocycles. The second-order valence-electron chi connectivity index (χ2n) is 7.13. The third-order valence-electron chi connectivity index (χ3n) is 5.18. The van der Waals surface area contributed by atoms with Crippen LogP contribution in [0.1, 0.15) is 45.2 Å². The van der Waals surface area contributed by atoms with Crippen molar-refractivity contribution in [2.75, 3.05) is 4.90 Å². The highest BCUT2D eigenvalue weighted by Crippen LogP contribution is 2.42. The maximum absolute atomic E-state index is 13.5. The predicted octanol–water partition coefficient (Wildman–Crippen LogP) is 5.03. The van der Waals surface area contributed by atoms with E-state index < -0.39 is 6.04 Å². The van der Waals surface area contributed by atoms with Gasteiger partial charge in [0.1, 0.15) is 10.6 Å². The summed E-state index contributed by atoms with van der Waals surface area (Å²) < 4.78 is 6.88. The summed E-state index contributed by atoms with van der Waals surface area (Å²) in [6.07, 6.45) is 0.718. The molecule has 0 aliphatic carbocycles. The Morgan fingerprint density at radius 1 is 1.13 bits per heavy atom. The normalized spacial score (nSPS) is 15.8. The van der Waals surface area contributed by atoms with Gasteiger partial charge in [-0.25, -0.2) is 0 Å². The summed E-state index contributed by atoms with van der Waals surface area (Å²) in [4.78, 5) is 28.5. The lowest BCUT2D eigenvalue weighted by Crippen LogP contribution is -2.29. The Balaban J connectivity index is 1.80. The maximum Gasteiger partial charge on any atom is 0.297 e. The number of hydrogen-bond donors (Lipinski definition) is 0. The van der Waals surface area contributed by atoms with Crippen LogP contribution < -0.4 is 10.3 Å². The second kappa shape index (κ2) is 7.14. The van der Waals surface area contributed by atoms with Crippen molar-refractivity contribution in [3.8, 4) is 0 Å². The minimum atomic E-state index is -0.626. The van der Waals surface area contributed by atoms with Crippen LogP contribution in [-0.2, 0) is 6.42 Å². The Morgan fingerprint density at radius 3 is 2.60 bits per heavy atom. The third kappa shape index (κ3) is 2.90. The number of halogens is 1. The minimum absolute atomic E-state index is 0.0671. The Labute approximate surface area is 184 Å². The van der Waals surface area contributed by atoms with E-state index in [2.05, 4.69) is 26.1 Å². The molecule has 8 heteroatoms. The van der Waals surface area contributed by atoms with Gasteiger partial charge >= 0.3 is 0 Å². The van der Waals surface area contributed by atoms with Crippen LogP contribution in [-0.4, -0.2) is 16.1 Å². The molecule has 0 bridgehead atoms. The van der Waals surface area contributed by atoms with Gasteiger partial charge in [0, 0.05) is 4.47 Å². The molecule has 0 saturated heterocycles. The lowest BCUT2D eigenvalue weighted by Gasteiger charge is -2.22. The molecule has 2 aromatic carbocycles. The van der Waals surface area contributed by atoms with E-state index in [9.17, 15) is 9.59 Å². The number of benzene rings is 2. The number of hydrogen-bond acceptors (Lipinski definition) is 6. The quantitative estimate of drug-likeness (QED) is 0.410. The Bertz CT molecular complexity index is 1360. The first-order valence-corrected chi connectivity index (χ1v) is 11.1. The number of aromatic nitrogens is 2. The molecule has 1 aliphatic rings. The van der Waals surface area contributed by atoms with Crippen LogP contribution in [0.4, 0.5) is 5.13 Å². The number of amides is 1. The molecule has 30 heavy (non-hydrogen) atoms. The maximum atomic E-state index is 13.5. The van der Waals surface area contributed by atoms with E-state index in [0.29, 0.717) is 21.7 Å². The molecule has 5 rings (SSSR count). The lowest BCUT2D eigenvalue weighted by atomic mass is 9.98. The van der Waals surface area contributed by atoms with Gasteiger partial charge < -0.3 is 4.42 Å². The van der Waals surface area contributed by atoms with Crippen molar-refractivity contribution >= 4 is 49.3 Å². The summed E-state index contributed by atoms with van der Waals surface area (Å²) in [5.74, 6) is -0.311. The van der Waals surface area contributed by atoms with Crippen molar-refractivity contribution in [2.24, 2.45) is 0 Å². The number of anilines is 1. The monoisotopic (exact) mass is 481 g/mol. The van der Waals surface area contributed by atoms with Gasteiger partial charge in [0.25, 0.3) is 5.91 Å². The average Bonchev–Trinajstić information content (AvgIpc) is 3.32. The van der Waals surface area contributed by atoms with Crippen LogP contribution in [0.15, 0.2) is 56.1 Å². The molecule has 6 nitrogen and oxygen atoms in total. The molecule has 0 radical (unpaired) electrons. The molecule has 0 saturated carbocycles. The summed E-state index contributed by atoms with van der Waals surface area (Å²) in [5, 5.41) is 10.1. The van der Waals surface area contributed by atoms with Gasteiger partial charge in [-0.3, -0.25) is 14.5 Å². The number of fused-ring (bicyclic) bond motifs is 2. The highest BCUT2D eigenvalue weighted by molar-refractivity contribution is 9.10. The summed E-state index contributed by atoms with van der Waals surface area (Å²) in [6, 6.07) is 12.3. The summed E-state index contributed by atoms with van der Waals surface area (Å²) >= 11 is 4.79. The van der Waals surface area contributed by atoms with Crippen molar-refractivity contribution in [1.82, 2.24) is 10.2 Å². The first kappa shape index (κ1) is 19.1. The molecular weight excluding hydrogens is 466 g/mol. The van der Waals surface area contributed by atoms with Crippen LogP contribution in [0.2, 0.25) is 0 Å². The SMILES string of the molecule is CCc1nnc(N2C(=O)c3oc4ccc(C)cc4c(=O)c3[C@@H]2c2ccc(Br)cc2)s1. The second-order valence-corrected chi connectivity index (χ2v) is 9.09. The van der Waals surface area contributed by atoms with E-state index in [0.717, 1.165) is 27.0 Å². The minimum Gasteiger partial charge on any atom is -0.450 e. The fourth-order valence-electron chi connectivity index (χ4n) is 3.73. The fraction of sp³-hybridized carbons (Fsp3) is 0.182. The molecule has 0 N–H and O–H groups in total. The predicted molar refractivity (Wildman–Crippen MR) is 119 cm³/mol. The first-order valence-electron chi connectivity index (χ1n) is 9.46. The van der Waals surface area contributed by atoms with Crippen molar-refractivity contribution in [3.05, 3.63) is 84.6 Å². The molecule has 1 amide bonds. The van der Waals surface area contributed by atoms with Gasteiger partial charge in [0.2, 0.25) is 10.9 Å². The van der Waals surface area contributed by atoms with Crippen LogP contribution >= 0.6 is 27.3 Å².